The van der Waals surface area contributed by atoms with E-state index >= 15 is 0 Å². The largest absolute Gasteiger partial charge is 2.00 e. The molecule has 0 aliphatic heterocycles. The monoisotopic (exact) mass is 479 g/mol. The second-order valence-corrected chi connectivity index (χ2v) is 5.72. The number of hydrogen-bond donors (Lipinski definition) is 2. The van der Waals surface area contributed by atoms with E-state index in [2.05, 4.69) is 0 Å². The average Bonchev–Trinajstić information content (AvgIpc) is 2.43. The first-order chi connectivity index (χ1) is 9.41. The molecule has 0 aromatic heterocycles. The molecular formula is C14H24N2O4Pt. The molecule has 2 aliphatic carbocycles. The SMILES string of the molecule is O=C(O)C1CCC(C(=O)O)CC1.[NH-]C1CCCCC1[NH-].[Pt+2]. The van der Waals surface area contributed by atoms with Gasteiger partial charge in [0.05, 0.1) is 11.8 Å². The van der Waals surface area contributed by atoms with Crippen LogP contribution in [0.4, 0.5) is 0 Å². The second kappa shape index (κ2) is 10.3. The van der Waals surface area contributed by atoms with Gasteiger partial charge in [-0.25, -0.2) is 0 Å². The van der Waals surface area contributed by atoms with Gasteiger partial charge < -0.3 is 21.7 Å². The van der Waals surface area contributed by atoms with Crippen LogP contribution in [0.15, 0.2) is 0 Å². The van der Waals surface area contributed by atoms with Crippen LogP contribution in [0.2, 0.25) is 0 Å². The van der Waals surface area contributed by atoms with E-state index in [0.29, 0.717) is 25.7 Å². The van der Waals surface area contributed by atoms with Crippen molar-refractivity contribution in [2.75, 3.05) is 0 Å². The van der Waals surface area contributed by atoms with Crippen molar-refractivity contribution in [1.82, 2.24) is 0 Å². The van der Waals surface area contributed by atoms with Crippen LogP contribution in [0.1, 0.15) is 51.4 Å². The fourth-order valence-corrected chi connectivity index (χ4v) is 2.72. The van der Waals surface area contributed by atoms with E-state index in [1.165, 1.54) is 12.8 Å². The average molecular weight is 479 g/mol. The molecule has 2 atom stereocenters. The fourth-order valence-electron chi connectivity index (χ4n) is 2.72. The Balaban J connectivity index is 0.000000390. The van der Waals surface area contributed by atoms with Crippen molar-refractivity contribution in [3.05, 3.63) is 11.5 Å². The van der Waals surface area contributed by atoms with Crippen molar-refractivity contribution >= 4 is 11.9 Å². The van der Waals surface area contributed by atoms with Gasteiger partial charge in [0.1, 0.15) is 0 Å². The molecule has 2 rings (SSSR count). The summed E-state index contributed by atoms with van der Waals surface area (Å²) in [6.07, 6.45) is 6.27. The first-order valence-corrected chi connectivity index (χ1v) is 7.29. The predicted molar refractivity (Wildman–Crippen MR) is 75.4 cm³/mol. The Bertz CT molecular complexity index is 301. The molecule has 2 unspecified atom stereocenters. The predicted octanol–water partition coefficient (Wildman–Crippen LogP) is 3.36. The number of carbonyl (C=O) groups is 2. The summed E-state index contributed by atoms with van der Waals surface area (Å²) >= 11 is 0. The maximum atomic E-state index is 10.5. The Kier molecular flexibility index (Phi) is 10.1. The maximum Gasteiger partial charge on any atom is 2.00 e. The number of hydrogen-bond acceptors (Lipinski definition) is 2. The summed E-state index contributed by atoms with van der Waals surface area (Å²) in [5.74, 6) is -2.22. The summed E-state index contributed by atoms with van der Waals surface area (Å²) in [4.78, 5) is 21.0. The molecule has 0 saturated heterocycles. The third-order valence-corrected chi connectivity index (χ3v) is 4.19. The maximum absolute atomic E-state index is 10.5. The van der Waals surface area contributed by atoms with Gasteiger partial charge in [-0.3, -0.25) is 9.59 Å². The normalized spacial score (nSPS) is 32.1. The van der Waals surface area contributed by atoms with Crippen molar-refractivity contribution in [1.29, 1.82) is 0 Å². The molecule has 0 aromatic rings. The van der Waals surface area contributed by atoms with Crippen molar-refractivity contribution in [3.8, 4) is 0 Å². The zero-order chi connectivity index (χ0) is 15.1. The molecule has 2 saturated carbocycles. The van der Waals surface area contributed by atoms with E-state index in [4.69, 9.17) is 21.7 Å². The van der Waals surface area contributed by atoms with Crippen LogP contribution < -0.4 is 0 Å². The molecule has 7 heteroatoms. The molecule has 4 N–H and O–H groups in total. The Hall–Kier alpha value is -0.452. The minimum Gasteiger partial charge on any atom is -0.676 e. The summed E-state index contributed by atoms with van der Waals surface area (Å²) in [5.41, 5.74) is 14.6. The molecule has 0 heterocycles. The number of carboxylic acids is 2. The van der Waals surface area contributed by atoms with Crippen LogP contribution >= 0.6 is 0 Å². The van der Waals surface area contributed by atoms with E-state index in [1.807, 2.05) is 0 Å². The van der Waals surface area contributed by atoms with Crippen molar-refractivity contribution in [2.24, 2.45) is 11.8 Å². The Morgan fingerprint density at radius 1 is 0.714 bits per heavy atom. The Morgan fingerprint density at radius 3 is 1.19 bits per heavy atom. The van der Waals surface area contributed by atoms with Crippen molar-refractivity contribution in [3.63, 3.8) is 0 Å². The number of rotatable bonds is 2. The van der Waals surface area contributed by atoms with Gasteiger partial charge in [-0.2, -0.15) is 12.1 Å². The van der Waals surface area contributed by atoms with Crippen molar-refractivity contribution in [2.45, 2.75) is 63.5 Å². The van der Waals surface area contributed by atoms with Gasteiger partial charge >= 0.3 is 33.0 Å². The van der Waals surface area contributed by atoms with E-state index in [0.717, 1.165) is 12.8 Å². The fraction of sp³-hybridized carbons (Fsp3) is 0.857. The minimum absolute atomic E-state index is 0. The molecule has 0 aromatic carbocycles. The standard InChI is InChI=1S/C8H12O4.C6H12N2.Pt/c9-7(10)5-1-2-6(4-3-5)8(11)12;7-5-3-1-2-4-6(5)8;/h5-6H,1-4H2,(H,9,10)(H,11,12);5-8H,1-4H2;/q;-2;+2. The zero-order valence-corrected chi connectivity index (χ0v) is 14.3. The van der Waals surface area contributed by atoms with Crippen LogP contribution in [-0.4, -0.2) is 34.2 Å². The molecule has 0 amide bonds. The van der Waals surface area contributed by atoms with Gasteiger partial charge in [0.15, 0.2) is 0 Å². The van der Waals surface area contributed by atoms with Gasteiger partial charge in [-0.05, 0) is 25.7 Å². The molecule has 0 spiro atoms. The summed E-state index contributed by atoms with van der Waals surface area (Å²) in [5, 5.41) is 17.2. The van der Waals surface area contributed by atoms with E-state index < -0.39 is 11.9 Å². The van der Waals surface area contributed by atoms with Gasteiger partial charge in [0.25, 0.3) is 0 Å². The number of carboxylic acid groups (broad SMARTS) is 2. The first-order valence-electron chi connectivity index (χ1n) is 7.29. The first kappa shape index (κ1) is 20.5. The van der Waals surface area contributed by atoms with Crippen LogP contribution in [0, 0.1) is 11.8 Å². The molecule has 6 nitrogen and oxygen atoms in total. The van der Waals surface area contributed by atoms with Crippen LogP contribution in [0.3, 0.4) is 0 Å². The number of nitrogens with one attached hydrogen (secondary N) is 2. The molecule has 2 fully saturated rings. The quantitative estimate of drug-likeness (QED) is 0.631. The molecular weight excluding hydrogens is 455 g/mol. The summed E-state index contributed by atoms with van der Waals surface area (Å²) in [7, 11) is 0. The Morgan fingerprint density at radius 2 is 1.00 bits per heavy atom. The van der Waals surface area contributed by atoms with E-state index in [9.17, 15) is 9.59 Å². The van der Waals surface area contributed by atoms with E-state index in [1.54, 1.807) is 0 Å². The molecule has 0 bridgehead atoms. The van der Waals surface area contributed by atoms with Crippen LogP contribution in [0.25, 0.3) is 11.5 Å². The molecule has 124 valence electrons. The van der Waals surface area contributed by atoms with Gasteiger partial charge in [-0.15, -0.1) is 0 Å². The van der Waals surface area contributed by atoms with Crippen LogP contribution in [-0.2, 0) is 30.7 Å². The zero-order valence-electron chi connectivity index (χ0n) is 12.0. The number of aliphatic carboxylic acids is 2. The summed E-state index contributed by atoms with van der Waals surface area (Å²) < 4.78 is 0. The third-order valence-electron chi connectivity index (χ3n) is 4.19. The minimum atomic E-state index is -0.793. The second-order valence-electron chi connectivity index (χ2n) is 5.72. The van der Waals surface area contributed by atoms with Gasteiger partial charge in [0, 0.05) is 0 Å². The molecule has 2 aliphatic rings. The summed E-state index contributed by atoms with van der Waals surface area (Å²) in [6.45, 7) is 0. The van der Waals surface area contributed by atoms with Gasteiger partial charge in [-0.1, -0.05) is 25.7 Å². The van der Waals surface area contributed by atoms with Crippen molar-refractivity contribution < 1.29 is 40.9 Å². The smallest absolute Gasteiger partial charge is 0.676 e. The third kappa shape index (κ3) is 7.39. The molecule has 21 heavy (non-hydrogen) atoms. The topological polar surface area (TPSA) is 122 Å². The molecule has 0 radical (unpaired) electrons. The Labute approximate surface area is 139 Å². The van der Waals surface area contributed by atoms with E-state index in [-0.39, 0.29) is 45.0 Å². The summed E-state index contributed by atoms with van der Waals surface area (Å²) in [6, 6.07) is -0.160. The van der Waals surface area contributed by atoms with Gasteiger partial charge in [0.2, 0.25) is 0 Å². The van der Waals surface area contributed by atoms with Crippen LogP contribution in [0.5, 0.6) is 0 Å².